The van der Waals surface area contributed by atoms with Gasteiger partial charge in [0.2, 0.25) is 5.91 Å². The molecule has 0 saturated heterocycles. The van der Waals surface area contributed by atoms with Gasteiger partial charge in [-0.25, -0.2) is 0 Å². The summed E-state index contributed by atoms with van der Waals surface area (Å²) in [4.78, 5) is 23.9. The van der Waals surface area contributed by atoms with Gasteiger partial charge >= 0.3 is 0 Å². The van der Waals surface area contributed by atoms with Gasteiger partial charge in [0.1, 0.15) is 5.76 Å². The lowest BCUT2D eigenvalue weighted by molar-refractivity contribution is -0.115. The third kappa shape index (κ3) is 5.39. The molecule has 7 heteroatoms. The van der Waals surface area contributed by atoms with E-state index in [4.69, 9.17) is 16.6 Å². The van der Waals surface area contributed by atoms with E-state index in [0.29, 0.717) is 11.3 Å². The van der Waals surface area contributed by atoms with Crippen LogP contribution in [0.5, 0.6) is 0 Å². The van der Waals surface area contributed by atoms with Crippen LogP contribution in [0.25, 0.3) is 17.2 Å². The Hall–Kier alpha value is -3.71. The van der Waals surface area contributed by atoms with Gasteiger partial charge in [0.15, 0.2) is 5.11 Å². The molecule has 6 nitrogen and oxygen atoms in total. The Kier molecular flexibility index (Phi) is 6.33. The molecule has 3 aromatic rings. The van der Waals surface area contributed by atoms with Gasteiger partial charge in [-0.3, -0.25) is 25.8 Å². The van der Waals surface area contributed by atoms with Crippen LogP contribution in [0.15, 0.2) is 83.5 Å². The second kappa shape index (κ2) is 9.29. The second-order valence-electron chi connectivity index (χ2n) is 5.69. The van der Waals surface area contributed by atoms with Crippen molar-refractivity contribution in [2.75, 3.05) is 0 Å². The van der Waals surface area contributed by atoms with E-state index in [1.54, 1.807) is 24.3 Å². The number of hydrazine groups is 1. The SMILES string of the molecule is O=C(C=Cc1ccco1)NC(=S)NNC(=O)c1ccc(-c2ccccc2)cc1. The fourth-order valence-electron chi connectivity index (χ4n) is 2.36. The predicted molar refractivity (Wildman–Crippen MR) is 111 cm³/mol. The number of rotatable bonds is 4. The summed E-state index contributed by atoms with van der Waals surface area (Å²) in [6, 6.07) is 20.4. The molecule has 28 heavy (non-hydrogen) atoms. The molecule has 0 saturated carbocycles. The van der Waals surface area contributed by atoms with Crippen molar-refractivity contribution in [3.8, 4) is 11.1 Å². The molecule has 1 heterocycles. The maximum absolute atomic E-state index is 12.2. The Morgan fingerprint density at radius 1 is 0.857 bits per heavy atom. The van der Waals surface area contributed by atoms with Crippen LogP contribution in [-0.4, -0.2) is 16.9 Å². The maximum Gasteiger partial charge on any atom is 0.269 e. The highest BCUT2D eigenvalue weighted by atomic mass is 32.1. The predicted octanol–water partition coefficient (Wildman–Crippen LogP) is 3.30. The van der Waals surface area contributed by atoms with E-state index in [1.165, 1.54) is 18.4 Å². The summed E-state index contributed by atoms with van der Waals surface area (Å²) in [5.41, 5.74) is 7.48. The molecule has 3 rings (SSSR count). The van der Waals surface area contributed by atoms with Crippen LogP contribution >= 0.6 is 12.2 Å². The number of furan rings is 1. The van der Waals surface area contributed by atoms with Gasteiger partial charge in [-0.05, 0) is 53.7 Å². The minimum absolute atomic E-state index is 0.0247. The first kappa shape index (κ1) is 19.1. The molecule has 0 aliphatic carbocycles. The zero-order valence-corrected chi connectivity index (χ0v) is 15.5. The molecule has 0 aliphatic heterocycles. The lowest BCUT2D eigenvalue weighted by atomic mass is 10.0. The smallest absolute Gasteiger partial charge is 0.269 e. The number of benzene rings is 2. The molecule has 3 N–H and O–H groups in total. The second-order valence-corrected chi connectivity index (χ2v) is 6.10. The van der Waals surface area contributed by atoms with Crippen LogP contribution in [0.3, 0.4) is 0 Å². The highest BCUT2D eigenvalue weighted by molar-refractivity contribution is 7.80. The van der Waals surface area contributed by atoms with Crippen molar-refractivity contribution in [2.24, 2.45) is 0 Å². The Bertz CT molecular complexity index is 982. The molecule has 2 amide bonds. The zero-order valence-electron chi connectivity index (χ0n) is 14.7. The number of thiocarbonyl (C=S) groups is 1. The van der Waals surface area contributed by atoms with Crippen molar-refractivity contribution in [2.45, 2.75) is 0 Å². The van der Waals surface area contributed by atoms with Crippen LogP contribution < -0.4 is 16.2 Å². The molecule has 0 unspecified atom stereocenters. The molecule has 1 aromatic heterocycles. The Labute approximate surface area is 167 Å². The number of carbonyl (C=O) groups excluding carboxylic acids is 2. The summed E-state index contributed by atoms with van der Waals surface area (Å²) in [6.45, 7) is 0. The van der Waals surface area contributed by atoms with Gasteiger partial charge in [0.05, 0.1) is 6.26 Å². The van der Waals surface area contributed by atoms with Gasteiger partial charge < -0.3 is 4.42 Å². The number of nitrogens with one attached hydrogen (secondary N) is 3. The quantitative estimate of drug-likeness (QED) is 0.361. The van der Waals surface area contributed by atoms with Crippen molar-refractivity contribution in [3.05, 3.63) is 90.4 Å². The van der Waals surface area contributed by atoms with Crippen molar-refractivity contribution in [1.29, 1.82) is 0 Å². The number of hydrogen-bond donors (Lipinski definition) is 3. The summed E-state index contributed by atoms with van der Waals surface area (Å²) in [5, 5.41) is 2.39. The molecule has 0 bridgehead atoms. The number of amides is 2. The Morgan fingerprint density at radius 3 is 2.25 bits per heavy atom. The van der Waals surface area contributed by atoms with Crippen LogP contribution in [0.4, 0.5) is 0 Å². The fraction of sp³-hybridized carbons (Fsp3) is 0. The monoisotopic (exact) mass is 391 g/mol. The molecule has 0 aliphatic rings. The Morgan fingerprint density at radius 2 is 1.57 bits per heavy atom. The highest BCUT2D eigenvalue weighted by Crippen LogP contribution is 2.19. The van der Waals surface area contributed by atoms with E-state index in [2.05, 4.69) is 16.2 Å². The summed E-state index contributed by atoms with van der Waals surface area (Å²) in [5.74, 6) is -0.279. The number of hydrogen-bond acceptors (Lipinski definition) is 4. The first-order valence-corrected chi connectivity index (χ1v) is 8.81. The number of carbonyl (C=O) groups is 2. The molecular weight excluding hydrogens is 374 g/mol. The van der Waals surface area contributed by atoms with Gasteiger partial charge in [-0.2, -0.15) is 0 Å². The van der Waals surface area contributed by atoms with Gasteiger partial charge in [-0.1, -0.05) is 42.5 Å². The van der Waals surface area contributed by atoms with E-state index < -0.39 is 5.91 Å². The lowest BCUT2D eigenvalue weighted by Crippen LogP contribution is -2.48. The standard InChI is InChI=1S/C21H17N3O3S/c25-19(13-12-18-7-4-14-27-18)22-21(28)24-23-20(26)17-10-8-16(9-11-17)15-5-2-1-3-6-15/h1-14H,(H,23,26)(H2,22,24,25,28). The maximum atomic E-state index is 12.2. The molecule has 0 spiro atoms. The molecule has 140 valence electrons. The summed E-state index contributed by atoms with van der Waals surface area (Å²) < 4.78 is 5.08. The molecule has 0 atom stereocenters. The topological polar surface area (TPSA) is 83.4 Å². The van der Waals surface area contributed by atoms with Crippen LogP contribution in [-0.2, 0) is 4.79 Å². The first-order chi connectivity index (χ1) is 13.6. The lowest BCUT2D eigenvalue weighted by Gasteiger charge is -2.10. The van der Waals surface area contributed by atoms with E-state index in [1.807, 2.05) is 42.5 Å². The molecule has 0 fully saturated rings. The van der Waals surface area contributed by atoms with Crippen LogP contribution in [0.1, 0.15) is 16.1 Å². The molecule has 0 radical (unpaired) electrons. The van der Waals surface area contributed by atoms with E-state index in [0.717, 1.165) is 11.1 Å². The van der Waals surface area contributed by atoms with Crippen molar-refractivity contribution < 1.29 is 14.0 Å². The summed E-state index contributed by atoms with van der Waals surface area (Å²) in [7, 11) is 0. The summed E-state index contributed by atoms with van der Waals surface area (Å²) >= 11 is 4.98. The van der Waals surface area contributed by atoms with E-state index in [9.17, 15) is 9.59 Å². The van der Waals surface area contributed by atoms with Gasteiger partial charge in [0, 0.05) is 11.6 Å². The fourth-order valence-corrected chi connectivity index (χ4v) is 2.51. The Balaban J connectivity index is 1.48. The van der Waals surface area contributed by atoms with Gasteiger partial charge in [0.25, 0.3) is 5.91 Å². The largest absolute Gasteiger partial charge is 0.465 e. The molecular formula is C21H17N3O3S. The van der Waals surface area contributed by atoms with Crippen LogP contribution in [0.2, 0.25) is 0 Å². The third-order valence-electron chi connectivity index (χ3n) is 3.72. The minimum atomic E-state index is -0.449. The summed E-state index contributed by atoms with van der Waals surface area (Å²) in [6.07, 6.45) is 4.29. The van der Waals surface area contributed by atoms with Crippen molar-refractivity contribution in [3.63, 3.8) is 0 Å². The minimum Gasteiger partial charge on any atom is -0.465 e. The van der Waals surface area contributed by atoms with Gasteiger partial charge in [-0.15, -0.1) is 0 Å². The average Bonchev–Trinajstić information content (AvgIpc) is 3.25. The van der Waals surface area contributed by atoms with E-state index >= 15 is 0 Å². The average molecular weight is 391 g/mol. The molecule has 2 aromatic carbocycles. The first-order valence-electron chi connectivity index (χ1n) is 8.40. The van der Waals surface area contributed by atoms with Crippen LogP contribution in [0, 0.1) is 0 Å². The van der Waals surface area contributed by atoms with E-state index in [-0.39, 0.29) is 11.0 Å². The van der Waals surface area contributed by atoms with Crippen molar-refractivity contribution >= 4 is 35.2 Å². The highest BCUT2D eigenvalue weighted by Gasteiger charge is 2.07. The van der Waals surface area contributed by atoms with Crippen molar-refractivity contribution in [1.82, 2.24) is 16.2 Å². The zero-order chi connectivity index (χ0) is 19.8. The normalized spacial score (nSPS) is 10.4. The third-order valence-corrected chi connectivity index (χ3v) is 3.93.